The van der Waals surface area contributed by atoms with Crippen molar-refractivity contribution in [2.75, 3.05) is 37.1 Å². The number of nitrogens with one attached hydrogen (secondary N) is 1. The van der Waals surface area contributed by atoms with Crippen LogP contribution in [-0.4, -0.2) is 59.8 Å². The van der Waals surface area contributed by atoms with Gasteiger partial charge in [0.05, 0.1) is 22.0 Å². The number of rotatable bonds is 11. The highest BCUT2D eigenvalue weighted by Gasteiger charge is 2.28. The first-order valence-corrected chi connectivity index (χ1v) is 16.2. The van der Waals surface area contributed by atoms with Crippen molar-refractivity contribution in [2.24, 2.45) is 0 Å². The Morgan fingerprint density at radius 3 is 2.10 bits per heavy atom. The predicted molar refractivity (Wildman–Crippen MR) is 155 cm³/mol. The number of hydrogen-bond donors (Lipinski definition) is 1. The number of hydrogen-bond acceptors (Lipinski definition) is 6. The van der Waals surface area contributed by atoms with Crippen LogP contribution in [0.4, 0.5) is 5.69 Å². The molecule has 0 aromatic heterocycles. The van der Waals surface area contributed by atoms with Crippen molar-refractivity contribution >= 4 is 54.8 Å². The lowest BCUT2D eigenvalue weighted by Gasteiger charge is -2.25. The minimum Gasteiger partial charge on any atom is -0.492 e. The van der Waals surface area contributed by atoms with E-state index in [0.29, 0.717) is 18.8 Å². The molecule has 1 aliphatic heterocycles. The fourth-order valence-electron chi connectivity index (χ4n) is 4.23. The first-order chi connectivity index (χ1) is 19.1. The van der Waals surface area contributed by atoms with E-state index in [4.69, 9.17) is 27.9 Å². The molecule has 1 N–H and O–H groups in total. The molecule has 9 nitrogen and oxygen atoms in total. The summed E-state index contributed by atoms with van der Waals surface area (Å²) in [6, 6.07) is 18.2. The summed E-state index contributed by atoms with van der Waals surface area (Å²) in [4.78, 5) is 13.0. The highest BCUT2D eigenvalue weighted by molar-refractivity contribution is 7.92. The molecule has 1 aliphatic rings. The van der Waals surface area contributed by atoms with E-state index in [1.54, 1.807) is 30.3 Å². The number of halogens is 2. The number of nitrogens with zero attached hydrogens (tertiary/aromatic N) is 2. The van der Waals surface area contributed by atoms with E-state index >= 15 is 0 Å². The fraction of sp³-hybridized carbons (Fsp3) is 0.296. The van der Waals surface area contributed by atoms with Crippen LogP contribution in [-0.2, 0) is 24.8 Å². The number of sulfonamides is 2. The van der Waals surface area contributed by atoms with Crippen molar-refractivity contribution in [3.8, 4) is 5.75 Å². The SMILES string of the molecule is O=C(CN(c1cc(Cl)cc(Cl)c1)S(=O)(=O)c1ccccc1)NCCOc1ccc(S(=O)(=O)N2CCCCC2)cc1. The summed E-state index contributed by atoms with van der Waals surface area (Å²) < 4.78 is 60.5. The summed E-state index contributed by atoms with van der Waals surface area (Å²) in [5, 5.41) is 3.09. The van der Waals surface area contributed by atoms with Gasteiger partial charge in [-0.25, -0.2) is 16.8 Å². The Labute approximate surface area is 244 Å². The highest BCUT2D eigenvalue weighted by Crippen LogP contribution is 2.29. The van der Waals surface area contributed by atoms with Gasteiger partial charge in [0.1, 0.15) is 18.9 Å². The Hall–Kier alpha value is -2.83. The van der Waals surface area contributed by atoms with Gasteiger partial charge in [0.15, 0.2) is 0 Å². The van der Waals surface area contributed by atoms with Crippen molar-refractivity contribution in [2.45, 2.75) is 29.1 Å². The van der Waals surface area contributed by atoms with Gasteiger partial charge in [-0.1, -0.05) is 47.8 Å². The summed E-state index contributed by atoms with van der Waals surface area (Å²) in [5.41, 5.74) is 0.146. The first kappa shape index (κ1) is 30.1. The lowest BCUT2D eigenvalue weighted by molar-refractivity contribution is -0.119. The molecule has 1 fully saturated rings. The van der Waals surface area contributed by atoms with E-state index in [1.807, 2.05) is 0 Å². The summed E-state index contributed by atoms with van der Waals surface area (Å²) >= 11 is 12.2. The van der Waals surface area contributed by atoms with Crippen LogP contribution >= 0.6 is 23.2 Å². The van der Waals surface area contributed by atoms with Crippen LogP contribution in [0.25, 0.3) is 0 Å². The Morgan fingerprint density at radius 1 is 0.850 bits per heavy atom. The molecule has 13 heteroatoms. The summed E-state index contributed by atoms with van der Waals surface area (Å²) in [5.74, 6) is -0.129. The zero-order valence-corrected chi connectivity index (χ0v) is 24.6. The topological polar surface area (TPSA) is 113 Å². The predicted octanol–water partition coefficient (Wildman–Crippen LogP) is 4.56. The molecule has 1 saturated heterocycles. The second-order valence-electron chi connectivity index (χ2n) is 9.09. The van der Waals surface area contributed by atoms with Crippen molar-refractivity contribution in [3.05, 3.63) is 82.8 Å². The van der Waals surface area contributed by atoms with Crippen LogP contribution in [0, 0.1) is 0 Å². The summed E-state index contributed by atoms with van der Waals surface area (Å²) in [6.45, 7) is 0.695. The number of amides is 1. The van der Waals surface area contributed by atoms with E-state index in [0.717, 1.165) is 23.6 Å². The molecule has 0 atom stereocenters. The second kappa shape index (κ2) is 13.2. The molecule has 0 radical (unpaired) electrons. The summed E-state index contributed by atoms with van der Waals surface area (Å²) in [7, 11) is -7.65. The fourth-order valence-corrected chi connectivity index (χ4v) is 7.68. The number of benzene rings is 3. The minimum absolute atomic E-state index is 0.00739. The highest BCUT2D eigenvalue weighted by atomic mass is 35.5. The molecule has 3 aromatic carbocycles. The molecule has 40 heavy (non-hydrogen) atoms. The average molecular weight is 627 g/mol. The monoisotopic (exact) mass is 625 g/mol. The van der Waals surface area contributed by atoms with E-state index in [1.165, 1.54) is 46.8 Å². The van der Waals surface area contributed by atoms with Crippen LogP contribution in [0.1, 0.15) is 19.3 Å². The van der Waals surface area contributed by atoms with Crippen LogP contribution in [0.5, 0.6) is 5.75 Å². The van der Waals surface area contributed by atoms with E-state index in [2.05, 4.69) is 5.32 Å². The lowest BCUT2D eigenvalue weighted by Crippen LogP contribution is -2.42. The van der Waals surface area contributed by atoms with Crippen molar-refractivity contribution in [1.29, 1.82) is 0 Å². The van der Waals surface area contributed by atoms with Crippen LogP contribution in [0.2, 0.25) is 10.0 Å². The van der Waals surface area contributed by atoms with Crippen LogP contribution in [0.15, 0.2) is 82.6 Å². The number of ether oxygens (including phenoxy) is 1. The van der Waals surface area contributed by atoms with Gasteiger partial charge in [-0.15, -0.1) is 0 Å². The Bertz CT molecular complexity index is 1510. The third-order valence-corrected chi connectivity index (χ3v) is 10.4. The maximum Gasteiger partial charge on any atom is 0.264 e. The van der Waals surface area contributed by atoms with Gasteiger partial charge >= 0.3 is 0 Å². The van der Waals surface area contributed by atoms with Gasteiger partial charge in [-0.05, 0) is 67.4 Å². The normalized spacial score (nSPS) is 14.4. The zero-order chi connectivity index (χ0) is 28.8. The lowest BCUT2D eigenvalue weighted by atomic mass is 10.2. The first-order valence-electron chi connectivity index (χ1n) is 12.6. The Morgan fingerprint density at radius 2 is 1.48 bits per heavy atom. The van der Waals surface area contributed by atoms with Gasteiger partial charge < -0.3 is 10.1 Å². The third kappa shape index (κ3) is 7.46. The third-order valence-electron chi connectivity index (χ3n) is 6.22. The van der Waals surface area contributed by atoms with Crippen molar-refractivity contribution < 1.29 is 26.4 Å². The second-order valence-corrected chi connectivity index (χ2v) is 13.8. The molecule has 214 valence electrons. The van der Waals surface area contributed by atoms with E-state index in [9.17, 15) is 21.6 Å². The molecule has 0 unspecified atom stereocenters. The van der Waals surface area contributed by atoms with Gasteiger partial charge in [-0.2, -0.15) is 4.31 Å². The number of carbonyl (C=O) groups excluding carboxylic acids is 1. The molecule has 0 bridgehead atoms. The molecule has 0 saturated carbocycles. The number of anilines is 1. The van der Waals surface area contributed by atoms with E-state index < -0.39 is 32.5 Å². The Kier molecular flexibility index (Phi) is 9.96. The molecule has 1 heterocycles. The summed E-state index contributed by atoms with van der Waals surface area (Å²) in [6.07, 6.45) is 2.75. The minimum atomic E-state index is -4.11. The average Bonchev–Trinajstić information content (AvgIpc) is 2.94. The molecule has 4 rings (SSSR count). The largest absolute Gasteiger partial charge is 0.492 e. The molecule has 0 aliphatic carbocycles. The van der Waals surface area contributed by atoms with E-state index in [-0.39, 0.29) is 38.7 Å². The van der Waals surface area contributed by atoms with Crippen molar-refractivity contribution in [3.63, 3.8) is 0 Å². The van der Waals surface area contributed by atoms with Crippen LogP contribution < -0.4 is 14.4 Å². The van der Waals surface area contributed by atoms with Gasteiger partial charge in [0, 0.05) is 23.1 Å². The van der Waals surface area contributed by atoms with Gasteiger partial charge in [0.2, 0.25) is 15.9 Å². The Balaban J connectivity index is 1.36. The smallest absolute Gasteiger partial charge is 0.264 e. The maximum absolute atomic E-state index is 13.4. The van der Waals surface area contributed by atoms with Gasteiger partial charge in [-0.3, -0.25) is 9.10 Å². The molecular weight excluding hydrogens is 597 g/mol. The molecular formula is C27H29Cl2N3O6S2. The van der Waals surface area contributed by atoms with Crippen LogP contribution in [0.3, 0.4) is 0 Å². The van der Waals surface area contributed by atoms with Gasteiger partial charge in [0.25, 0.3) is 10.0 Å². The van der Waals surface area contributed by atoms with Crippen molar-refractivity contribution in [1.82, 2.24) is 9.62 Å². The standard InChI is InChI=1S/C27H29Cl2N3O6S2/c28-21-17-22(29)19-23(18-21)32(40(36,37)25-7-3-1-4-8-25)20-27(33)30-13-16-38-24-9-11-26(12-10-24)39(34,35)31-14-5-2-6-15-31/h1,3-4,7-12,17-19H,2,5-6,13-16,20H2,(H,30,33). The number of piperidine rings is 1. The zero-order valence-electron chi connectivity index (χ0n) is 21.5. The quantitative estimate of drug-likeness (QED) is 0.313. The molecule has 3 aromatic rings. The maximum atomic E-state index is 13.4. The number of carbonyl (C=O) groups is 1. The molecule has 0 spiro atoms. The molecule has 1 amide bonds.